The Labute approximate surface area is 133 Å². The second kappa shape index (κ2) is 6.79. The van der Waals surface area contributed by atoms with Gasteiger partial charge < -0.3 is 0 Å². The fourth-order valence-corrected chi connectivity index (χ4v) is 4.67. The number of carbonyl (C=O) groups is 1. The molecule has 2 nitrogen and oxygen atoms in total. The minimum absolute atomic E-state index is 0.132. The van der Waals surface area contributed by atoms with Gasteiger partial charge in [0.2, 0.25) is 0 Å². The molecule has 0 aliphatic rings. The lowest BCUT2D eigenvalue weighted by atomic mass is 10.2. The van der Waals surface area contributed by atoms with Crippen LogP contribution in [0.2, 0.25) is 0 Å². The molecule has 0 radical (unpaired) electrons. The molecule has 1 aromatic heterocycles. The van der Waals surface area contributed by atoms with Crippen LogP contribution >= 0.6 is 43.2 Å². The average Bonchev–Trinajstić information content (AvgIpc) is 2.69. The Morgan fingerprint density at radius 2 is 1.95 bits per heavy atom. The zero-order valence-corrected chi connectivity index (χ0v) is 14.4. The normalized spacial score (nSPS) is 10.9. The molecule has 0 spiro atoms. The highest BCUT2D eigenvalue weighted by Crippen LogP contribution is 2.32. The number of halogens is 2. The molecule has 0 fully saturated rings. The number of rotatable bonds is 5. The van der Waals surface area contributed by atoms with Gasteiger partial charge in [-0.1, -0.05) is 30.3 Å². The van der Waals surface area contributed by atoms with Crippen molar-refractivity contribution in [2.75, 3.05) is 13.6 Å². The van der Waals surface area contributed by atoms with Gasteiger partial charge in [0.05, 0.1) is 14.1 Å². The van der Waals surface area contributed by atoms with Crippen LogP contribution in [0.1, 0.15) is 15.9 Å². The third kappa shape index (κ3) is 4.24. The lowest BCUT2D eigenvalue weighted by Crippen LogP contribution is -2.25. The Morgan fingerprint density at radius 1 is 1.26 bits per heavy atom. The van der Waals surface area contributed by atoms with Crippen LogP contribution in [0.4, 0.5) is 0 Å². The number of likely N-dealkylation sites (N-methyl/N-ethyl adjacent to an activating group) is 1. The summed E-state index contributed by atoms with van der Waals surface area (Å²) < 4.78 is 1.85. The molecule has 0 aliphatic carbocycles. The second-order valence-corrected chi connectivity index (χ2v) is 8.07. The number of carbonyl (C=O) groups excluding carboxylic acids is 1. The van der Waals surface area contributed by atoms with Crippen molar-refractivity contribution in [2.45, 2.75) is 6.54 Å². The molecule has 0 amide bonds. The lowest BCUT2D eigenvalue weighted by Gasteiger charge is -2.15. The van der Waals surface area contributed by atoms with Crippen LogP contribution in [0.15, 0.2) is 44.0 Å². The third-order valence-corrected chi connectivity index (χ3v) is 5.01. The molecule has 2 aromatic rings. The second-order valence-electron chi connectivity index (χ2n) is 4.32. The average molecular weight is 403 g/mol. The van der Waals surface area contributed by atoms with Crippen LogP contribution in [0, 0.1) is 0 Å². The summed E-state index contributed by atoms with van der Waals surface area (Å²) in [5, 5.41) is 0. The molecule has 0 saturated heterocycles. The lowest BCUT2D eigenvalue weighted by molar-refractivity contribution is 0.0943. The molecular formula is C14H13Br2NOS. The molecule has 19 heavy (non-hydrogen) atoms. The molecule has 0 N–H and O–H groups in total. The van der Waals surface area contributed by atoms with Crippen molar-refractivity contribution in [3.05, 3.63) is 55.1 Å². The van der Waals surface area contributed by atoms with Crippen LogP contribution < -0.4 is 0 Å². The number of benzene rings is 1. The summed E-state index contributed by atoms with van der Waals surface area (Å²) in [6.45, 7) is 1.19. The maximum atomic E-state index is 12.2. The fourth-order valence-electron chi connectivity index (χ4n) is 1.81. The third-order valence-electron chi connectivity index (χ3n) is 2.67. The van der Waals surface area contributed by atoms with Crippen molar-refractivity contribution in [3.63, 3.8) is 0 Å². The van der Waals surface area contributed by atoms with Crippen molar-refractivity contribution >= 4 is 49.0 Å². The number of hydrogen-bond donors (Lipinski definition) is 0. The van der Waals surface area contributed by atoms with E-state index in [1.165, 1.54) is 16.9 Å². The largest absolute Gasteiger partial charge is 0.295 e. The van der Waals surface area contributed by atoms with Gasteiger partial charge in [-0.3, -0.25) is 9.69 Å². The Hall–Kier alpha value is -0.490. The van der Waals surface area contributed by atoms with E-state index in [1.54, 1.807) is 0 Å². The summed E-state index contributed by atoms with van der Waals surface area (Å²) in [6, 6.07) is 12.0. The molecule has 2 rings (SSSR count). The van der Waals surface area contributed by atoms with Gasteiger partial charge in [0.15, 0.2) is 5.78 Å². The van der Waals surface area contributed by atoms with Gasteiger partial charge in [-0.15, -0.1) is 11.3 Å². The maximum absolute atomic E-state index is 12.2. The number of nitrogens with zero attached hydrogens (tertiary/aromatic N) is 1. The SMILES string of the molecule is CN(CC(=O)c1cc(Br)sc1Br)Cc1ccccc1. The van der Waals surface area contributed by atoms with Crippen molar-refractivity contribution in [3.8, 4) is 0 Å². The van der Waals surface area contributed by atoms with E-state index >= 15 is 0 Å². The Kier molecular flexibility index (Phi) is 5.33. The number of ketones is 1. The Balaban J connectivity index is 1.97. The van der Waals surface area contributed by atoms with Crippen molar-refractivity contribution in [1.82, 2.24) is 4.90 Å². The first kappa shape index (κ1) is 14.9. The summed E-state index contributed by atoms with van der Waals surface area (Å²) in [6.07, 6.45) is 0. The van der Waals surface area contributed by atoms with Crippen LogP contribution in [0.25, 0.3) is 0 Å². The molecule has 100 valence electrons. The first-order valence-electron chi connectivity index (χ1n) is 5.77. The topological polar surface area (TPSA) is 20.3 Å². The van der Waals surface area contributed by atoms with Gasteiger partial charge in [-0.05, 0) is 50.5 Å². The van der Waals surface area contributed by atoms with E-state index in [1.807, 2.05) is 36.2 Å². The molecular weight excluding hydrogens is 390 g/mol. The molecule has 0 atom stereocenters. The first-order valence-corrected chi connectivity index (χ1v) is 8.17. The van der Waals surface area contributed by atoms with E-state index in [9.17, 15) is 4.79 Å². The minimum Gasteiger partial charge on any atom is -0.295 e. The van der Waals surface area contributed by atoms with Gasteiger partial charge >= 0.3 is 0 Å². The number of hydrogen-bond acceptors (Lipinski definition) is 3. The van der Waals surface area contributed by atoms with Gasteiger partial charge in [0.25, 0.3) is 0 Å². The predicted octanol–water partition coefficient (Wildman–Crippen LogP) is 4.59. The summed E-state index contributed by atoms with van der Waals surface area (Å²) in [5.74, 6) is 0.132. The van der Waals surface area contributed by atoms with Crippen molar-refractivity contribution in [1.29, 1.82) is 0 Å². The highest BCUT2D eigenvalue weighted by Gasteiger charge is 2.15. The predicted molar refractivity (Wildman–Crippen MR) is 86.8 cm³/mol. The zero-order chi connectivity index (χ0) is 13.8. The van der Waals surface area contributed by atoms with E-state index in [-0.39, 0.29) is 5.78 Å². The fraction of sp³-hybridized carbons (Fsp3) is 0.214. The van der Waals surface area contributed by atoms with Gasteiger partial charge in [-0.25, -0.2) is 0 Å². The summed E-state index contributed by atoms with van der Waals surface area (Å²) >= 11 is 8.34. The molecule has 0 unspecified atom stereocenters. The van der Waals surface area contributed by atoms with Gasteiger partial charge in [-0.2, -0.15) is 0 Å². The summed E-state index contributed by atoms with van der Waals surface area (Å²) in [5.41, 5.74) is 1.96. The first-order chi connectivity index (χ1) is 9.06. The van der Waals surface area contributed by atoms with E-state index in [0.717, 1.165) is 19.7 Å². The van der Waals surface area contributed by atoms with Gasteiger partial charge in [0.1, 0.15) is 0 Å². The van der Waals surface area contributed by atoms with Gasteiger partial charge in [0, 0.05) is 12.1 Å². The monoisotopic (exact) mass is 401 g/mol. The van der Waals surface area contributed by atoms with E-state index in [0.29, 0.717) is 6.54 Å². The molecule has 0 saturated carbocycles. The quantitative estimate of drug-likeness (QED) is 0.681. The van der Waals surface area contributed by atoms with Crippen LogP contribution in [-0.4, -0.2) is 24.3 Å². The summed E-state index contributed by atoms with van der Waals surface area (Å²) in [4.78, 5) is 14.2. The maximum Gasteiger partial charge on any atom is 0.178 e. The highest BCUT2D eigenvalue weighted by atomic mass is 79.9. The van der Waals surface area contributed by atoms with E-state index in [4.69, 9.17) is 0 Å². The molecule has 1 heterocycles. The minimum atomic E-state index is 0.132. The van der Waals surface area contributed by atoms with Crippen molar-refractivity contribution in [2.24, 2.45) is 0 Å². The van der Waals surface area contributed by atoms with Crippen LogP contribution in [0.3, 0.4) is 0 Å². The smallest absolute Gasteiger partial charge is 0.178 e. The van der Waals surface area contributed by atoms with Crippen molar-refractivity contribution < 1.29 is 4.79 Å². The summed E-state index contributed by atoms with van der Waals surface area (Å²) in [7, 11) is 1.96. The van der Waals surface area contributed by atoms with Crippen LogP contribution in [0.5, 0.6) is 0 Å². The zero-order valence-electron chi connectivity index (χ0n) is 10.4. The Bertz CT molecular complexity index is 568. The highest BCUT2D eigenvalue weighted by molar-refractivity contribution is 9.12. The molecule has 0 bridgehead atoms. The molecule has 1 aromatic carbocycles. The molecule has 0 aliphatic heterocycles. The standard InChI is InChI=1S/C14H13Br2NOS/c1-17(8-10-5-3-2-4-6-10)9-12(18)11-7-13(15)19-14(11)16/h2-7H,8-9H2,1H3. The Morgan fingerprint density at radius 3 is 2.53 bits per heavy atom. The van der Waals surface area contributed by atoms with E-state index in [2.05, 4.69) is 44.0 Å². The van der Waals surface area contributed by atoms with Crippen LogP contribution in [-0.2, 0) is 6.54 Å². The number of thiophene rings is 1. The van der Waals surface area contributed by atoms with E-state index < -0.39 is 0 Å². The number of Topliss-reactive ketones (excluding diaryl/α,β-unsaturated/α-hetero) is 1. The molecule has 5 heteroatoms.